The minimum Gasteiger partial charge on any atom is -0.345 e. The van der Waals surface area contributed by atoms with Gasteiger partial charge < -0.3 is 5.32 Å². The van der Waals surface area contributed by atoms with Crippen LogP contribution in [0.1, 0.15) is 34.5 Å². The first-order valence-corrected chi connectivity index (χ1v) is 9.58. The van der Waals surface area contributed by atoms with E-state index in [0.717, 1.165) is 22.3 Å². The summed E-state index contributed by atoms with van der Waals surface area (Å²) in [6.07, 6.45) is 0. The fraction of sp³-hybridized carbons (Fsp3) is 0.115. The van der Waals surface area contributed by atoms with Crippen LogP contribution < -0.4 is 5.32 Å². The third-order valence-electron chi connectivity index (χ3n) is 5.23. The van der Waals surface area contributed by atoms with Crippen molar-refractivity contribution in [3.63, 3.8) is 0 Å². The Kier molecular flexibility index (Phi) is 4.94. The number of hydrogen-bond donors (Lipinski definition) is 1. The van der Waals surface area contributed by atoms with E-state index in [1.54, 1.807) is 0 Å². The lowest BCUT2D eigenvalue weighted by atomic mass is 9.97. The van der Waals surface area contributed by atoms with Crippen molar-refractivity contribution in [1.29, 1.82) is 0 Å². The SMILES string of the molecule is Cc1ccc(-c2ccccc2)cc1C(=O)N[C@H](C)c1cccc2ccccc12. The number of hydrogen-bond acceptors (Lipinski definition) is 1. The highest BCUT2D eigenvalue weighted by molar-refractivity contribution is 5.97. The van der Waals surface area contributed by atoms with Gasteiger partial charge in [-0.15, -0.1) is 0 Å². The van der Waals surface area contributed by atoms with E-state index in [9.17, 15) is 4.79 Å². The summed E-state index contributed by atoms with van der Waals surface area (Å²) in [7, 11) is 0. The number of benzene rings is 4. The van der Waals surface area contributed by atoms with Gasteiger partial charge in [0.1, 0.15) is 0 Å². The fourth-order valence-corrected chi connectivity index (χ4v) is 3.66. The van der Waals surface area contributed by atoms with Gasteiger partial charge in [-0.25, -0.2) is 0 Å². The van der Waals surface area contributed by atoms with Gasteiger partial charge in [-0.2, -0.15) is 0 Å². The monoisotopic (exact) mass is 365 g/mol. The predicted octanol–water partition coefficient (Wildman–Crippen LogP) is 6.31. The number of nitrogens with one attached hydrogen (secondary N) is 1. The number of amides is 1. The highest BCUT2D eigenvalue weighted by atomic mass is 16.1. The fourth-order valence-electron chi connectivity index (χ4n) is 3.66. The lowest BCUT2D eigenvalue weighted by molar-refractivity contribution is 0.0939. The van der Waals surface area contributed by atoms with Gasteiger partial charge in [0.15, 0.2) is 0 Å². The second-order valence-electron chi connectivity index (χ2n) is 7.16. The van der Waals surface area contributed by atoms with Gasteiger partial charge in [-0.3, -0.25) is 4.79 Å². The molecule has 4 aromatic carbocycles. The largest absolute Gasteiger partial charge is 0.345 e. The van der Waals surface area contributed by atoms with E-state index >= 15 is 0 Å². The van der Waals surface area contributed by atoms with Crippen LogP contribution in [0.2, 0.25) is 0 Å². The molecule has 0 spiro atoms. The normalized spacial score (nSPS) is 11.9. The van der Waals surface area contributed by atoms with E-state index in [0.29, 0.717) is 5.56 Å². The summed E-state index contributed by atoms with van der Waals surface area (Å²) in [5.74, 6) is -0.0456. The molecule has 4 rings (SSSR count). The van der Waals surface area contributed by atoms with Gasteiger partial charge in [0.25, 0.3) is 5.91 Å². The van der Waals surface area contributed by atoms with Crippen LogP contribution in [0.3, 0.4) is 0 Å². The summed E-state index contributed by atoms with van der Waals surface area (Å²) in [5.41, 5.74) is 4.98. The zero-order valence-corrected chi connectivity index (χ0v) is 16.1. The topological polar surface area (TPSA) is 29.1 Å². The zero-order valence-electron chi connectivity index (χ0n) is 16.1. The predicted molar refractivity (Wildman–Crippen MR) is 116 cm³/mol. The molecule has 0 bridgehead atoms. The maximum absolute atomic E-state index is 13.1. The van der Waals surface area contributed by atoms with Gasteiger partial charge in [-0.05, 0) is 52.9 Å². The van der Waals surface area contributed by atoms with Crippen molar-refractivity contribution < 1.29 is 4.79 Å². The molecule has 4 aromatic rings. The molecule has 1 atom stereocenters. The molecule has 0 radical (unpaired) electrons. The standard InChI is InChI=1S/C26H23NO/c1-18-15-16-22(20-9-4-3-5-10-20)17-25(18)26(28)27-19(2)23-14-8-12-21-11-6-7-13-24(21)23/h3-17,19H,1-2H3,(H,27,28)/t19-/m1/s1. The Hall–Kier alpha value is -3.39. The Morgan fingerprint density at radius 1 is 0.786 bits per heavy atom. The van der Waals surface area contributed by atoms with E-state index in [2.05, 4.69) is 47.8 Å². The molecule has 0 aliphatic carbocycles. The maximum Gasteiger partial charge on any atom is 0.252 e. The molecule has 2 heteroatoms. The molecular weight excluding hydrogens is 342 g/mol. The van der Waals surface area contributed by atoms with E-state index in [-0.39, 0.29) is 11.9 Å². The van der Waals surface area contributed by atoms with Gasteiger partial charge in [0.05, 0.1) is 6.04 Å². The Morgan fingerprint density at radius 2 is 1.50 bits per heavy atom. The van der Waals surface area contributed by atoms with Crippen molar-refractivity contribution in [3.8, 4) is 11.1 Å². The number of fused-ring (bicyclic) bond motifs is 1. The van der Waals surface area contributed by atoms with Crippen molar-refractivity contribution in [1.82, 2.24) is 5.32 Å². The van der Waals surface area contributed by atoms with E-state index in [1.807, 2.05) is 62.4 Å². The summed E-state index contributed by atoms with van der Waals surface area (Å²) in [4.78, 5) is 13.1. The highest BCUT2D eigenvalue weighted by Gasteiger charge is 2.16. The number of carbonyl (C=O) groups excluding carboxylic acids is 1. The minimum atomic E-state index is -0.0848. The van der Waals surface area contributed by atoms with E-state index in [4.69, 9.17) is 0 Å². The number of rotatable bonds is 4. The molecule has 0 heterocycles. The Bertz CT molecular complexity index is 1130. The number of carbonyl (C=O) groups is 1. The first kappa shape index (κ1) is 18.0. The van der Waals surface area contributed by atoms with Crippen LogP contribution in [0.15, 0.2) is 91.0 Å². The molecule has 0 saturated carbocycles. The van der Waals surface area contributed by atoms with Crippen LogP contribution in [-0.2, 0) is 0 Å². The first-order valence-electron chi connectivity index (χ1n) is 9.58. The summed E-state index contributed by atoms with van der Waals surface area (Å²) in [6.45, 7) is 4.02. The maximum atomic E-state index is 13.1. The van der Waals surface area contributed by atoms with Crippen molar-refractivity contribution >= 4 is 16.7 Å². The molecule has 1 amide bonds. The first-order chi connectivity index (χ1) is 13.6. The van der Waals surface area contributed by atoms with Crippen molar-refractivity contribution in [3.05, 3.63) is 108 Å². The molecule has 1 N–H and O–H groups in total. The average molecular weight is 365 g/mol. The molecule has 0 saturated heterocycles. The Labute approximate surface area is 165 Å². The molecule has 0 unspecified atom stereocenters. The Morgan fingerprint density at radius 3 is 2.32 bits per heavy atom. The summed E-state index contributed by atoms with van der Waals surface area (Å²) < 4.78 is 0. The molecule has 28 heavy (non-hydrogen) atoms. The van der Waals surface area contributed by atoms with Crippen molar-refractivity contribution in [2.24, 2.45) is 0 Å². The summed E-state index contributed by atoms with van der Waals surface area (Å²) in [6, 6.07) is 30.6. The zero-order chi connectivity index (χ0) is 19.5. The molecule has 0 fully saturated rings. The Balaban J connectivity index is 1.63. The highest BCUT2D eigenvalue weighted by Crippen LogP contribution is 2.26. The van der Waals surface area contributed by atoms with Crippen LogP contribution in [0, 0.1) is 6.92 Å². The van der Waals surface area contributed by atoms with E-state index < -0.39 is 0 Å². The minimum absolute atomic E-state index is 0.0456. The van der Waals surface area contributed by atoms with Crippen molar-refractivity contribution in [2.75, 3.05) is 0 Å². The third kappa shape index (κ3) is 3.54. The van der Waals surface area contributed by atoms with Crippen LogP contribution >= 0.6 is 0 Å². The van der Waals surface area contributed by atoms with Gasteiger partial charge in [-0.1, -0.05) is 84.9 Å². The quantitative estimate of drug-likeness (QED) is 0.451. The molecule has 138 valence electrons. The van der Waals surface area contributed by atoms with Crippen LogP contribution in [0.5, 0.6) is 0 Å². The average Bonchev–Trinajstić information content (AvgIpc) is 2.74. The van der Waals surface area contributed by atoms with Crippen LogP contribution in [0.4, 0.5) is 0 Å². The van der Waals surface area contributed by atoms with E-state index in [1.165, 1.54) is 10.8 Å². The molecule has 2 nitrogen and oxygen atoms in total. The second kappa shape index (κ2) is 7.69. The second-order valence-corrected chi connectivity index (χ2v) is 7.16. The van der Waals surface area contributed by atoms with Crippen molar-refractivity contribution in [2.45, 2.75) is 19.9 Å². The summed E-state index contributed by atoms with van der Waals surface area (Å²) in [5, 5.41) is 5.54. The van der Waals surface area contributed by atoms with Gasteiger partial charge in [0, 0.05) is 5.56 Å². The lowest BCUT2D eigenvalue weighted by Gasteiger charge is -2.18. The van der Waals surface area contributed by atoms with Crippen LogP contribution in [0.25, 0.3) is 21.9 Å². The summed E-state index contributed by atoms with van der Waals surface area (Å²) >= 11 is 0. The van der Waals surface area contributed by atoms with Gasteiger partial charge in [0.2, 0.25) is 0 Å². The molecule has 0 aliphatic rings. The number of aryl methyl sites for hydroxylation is 1. The third-order valence-corrected chi connectivity index (χ3v) is 5.23. The smallest absolute Gasteiger partial charge is 0.252 e. The van der Waals surface area contributed by atoms with Gasteiger partial charge >= 0.3 is 0 Å². The molecule has 0 aromatic heterocycles. The van der Waals surface area contributed by atoms with Crippen LogP contribution in [-0.4, -0.2) is 5.91 Å². The molecule has 0 aliphatic heterocycles. The lowest BCUT2D eigenvalue weighted by Crippen LogP contribution is -2.27. The molecular formula is C26H23NO.